The maximum atomic E-state index is 11.4. The number of benzene rings is 1. The highest BCUT2D eigenvalue weighted by Crippen LogP contribution is 2.40. The number of allylic oxidation sites excluding steroid dienone is 2. The van der Waals surface area contributed by atoms with Crippen molar-refractivity contribution in [3.63, 3.8) is 0 Å². The third-order valence-electron chi connectivity index (χ3n) is 3.90. The lowest BCUT2D eigenvalue weighted by molar-refractivity contribution is -0.448. The third-order valence-corrected chi connectivity index (χ3v) is 3.90. The molecule has 0 saturated heterocycles. The fourth-order valence-electron chi connectivity index (χ4n) is 2.64. The Balaban J connectivity index is 2.60. The van der Waals surface area contributed by atoms with E-state index in [1.807, 2.05) is 30.3 Å². The van der Waals surface area contributed by atoms with E-state index >= 15 is 0 Å². The Morgan fingerprint density at radius 1 is 1.33 bits per heavy atom. The van der Waals surface area contributed by atoms with Gasteiger partial charge in [-0.1, -0.05) is 50.3 Å². The van der Waals surface area contributed by atoms with Crippen LogP contribution in [-0.2, 0) is 4.79 Å². The van der Waals surface area contributed by atoms with Crippen LogP contribution in [0.5, 0.6) is 0 Å². The fourth-order valence-corrected chi connectivity index (χ4v) is 2.64. The molecule has 0 amide bonds. The van der Waals surface area contributed by atoms with Crippen LogP contribution < -0.4 is 0 Å². The summed E-state index contributed by atoms with van der Waals surface area (Å²) >= 11 is 0. The second-order valence-electron chi connectivity index (χ2n) is 5.42. The summed E-state index contributed by atoms with van der Waals surface area (Å²) in [7, 11) is 0. The van der Waals surface area contributed by atoms with Crippen molar-refractivity contribution in [3.8, 4) is 0 Å². The van der Waals surface area contributed by atoms with E-state index in [4.69, 9.17) is 0 Å². The van der Waals surface area contributed by atoms with Crippen molar-refractivity contribution >= 4 is 11.9 Å². The second-order valence-corrected chi connectivity index (χ2v) is 5.42. The van der Waals surface area contributed by atoms with Gasteiger partial charge in [-0.05, 0) is 17.1 Å². The lowest BCUT2D eigenvalue weighted by atomic mass is 9.72. The molecule has 0 aromatic heterocycles. The number of nitrogens with zero attached hydrogens (tertiary/aromatic N) is 1. The molecule has 2 unspecified atom stereocenters. The Morgan fingerprint density at radius 2 is 1.95 bits per heavy atom. The molecule has 5 nitrogen and oxygen atoms in total. The van der Waals surface area contributed by atoms with E-state index in [-0.39, 0.29) is 5.70 Å². The molecule has 0 saturated carbocycles. The van der Waals surface area contributed by atoms with Gasteiger partial charge in [-0.15, -0.1) is 0 Å². The number of hydrogen-bond donors (Lipinski definition) is 1. The van der Waals surface area contributed by atoms with E-state index in [1.165, 1.54) is 6.08 Å². The van der Waals surface area contributed by atoms with E-state index in [0.29, 0.717) is 11.9 Å². The monoisotopic (exact) mass is 287 g/mol. The maximum Gasteiger partial charge on any atom is 0.279 e. The summed E-state index contributed by atoms with van der Waals surface area (Å²) in [5, 5.41) is 22.1. The second kappa shape index (κ2) is 5.61. The van der Waals surface area contributed by atoms with Gasteiger partial charge in [0.2, 0.25) is 0 Å². The minimum absolute atomic E-state index is 0.337. The highest BCUT2D eigenvalue weighted by molar-refractivity contribution is 5.80. The minimum atomic E-state index is -1.79. The number of hydrogen-bond acceptors (Lipinski definition) is 4. The van der Waals surface area contributed by atoms with E-state index < -0.39 is 22.4 Å². The molecule has 0 fully saturated rings. The van der Waals surface area contributed by atoms with Crippen LogP contribution in [0.2, 0.25) is 0 Å². The quantitative estimate of drug-likeness (QED) is 0.524. The zero-order valence-electron chi connectivity index (χ0n) is 11.9. The summed E-state index contributed by atoms with van der Waals surface area (Å²) in [5.41, 5.74) is -0.779. The minimum Gasteiger partial charge on any atom is -0.377 e. The van der Waals surface area contributed by atoms with Crippen molar-refractivity contribution in [3.05, 3.63) is 63.9 Å². The molecule has 0 heterocycles. The summed E-state index contributed by atoms with van der Waals surface area (Å²) in [6.45, 7) is 3.32. The lowest BCUT2D eigenvalue weighted by Crippen LogP contribution is -2.48. The molecule has 1 aliphatic carbocycles. The van der Waals surface area contributed by atoms with Crippen LogP contribution in [-0.4, -0.2) is 21.9 Å². The molecule has 1 aromatic rings. The Kier molecular flexibility index (Phi) is 4.04. The average molecular weight is 287 g/mol. The van der Waals surface area contributed by atoms with E-state index in [1.54, 1.807) is 19.9 Å². The Labute approximate surface area is 122 Å². The lowest BCUT2D eigenvalue weighted by Gasteiger charge is -2.35. The van der Waals surface area contributed by atoms with Gasteiger partial charge in [-0.25, -0.2) is 0 Å². The molecule has 2 rings (SSSR count). The highest BCUT2D eigenvalue weighted by atomic mass is 16.6. The molecule has 2 atom stereocenters. The van der Waals surface area contributed by atoms with Crippen LogP contribution in [0, 0.1) is 22.0 Å². The first-order valence-corrected chi connectivity index (χ1v) is 6.72. The topological polar surface area (TPSA) is 80.4 Å². The Hall–Kier alpha value is -2.27. The van der Waals surface area contributed by atoms with Gasteiger partial charge in [-0.2, -0.15) is 0 Å². The molecule has 110 valence electrons. The SMILES string of the molecule is CC(C)C1(O)C([N+](=O)[O-])=CC(c2ccccc2)=CC1C=O. The van der Waals surface area contributed by atoms with Gasteiger partial charge in [0.25, 0.3) is 5.70 Å². The number of nitro groups is 1. The zero-order chi connectivity index (χ0) is 15.6. The van der Waals surface area contributed by atoms with Crippen LogP contribution in [0.25, 0.3) is 5.57 Å². The number of carbonyl (C=O) groups excluding carboxylic acids is 1. The smallest absolute Gasteiger partial charge is 0.279 e. The Morgan fingerprint density at radius 3 is 2.43 bits per heavy atom. The summed E-state index contributed by atoms with van der Waals surface area (Å²) in [5.74, 6) is -1.41. The molecule has 1 aliphatic rings. The maximum absolute atomic E-state index is 11.4. The average Bonchev–Trinajstić information content (AvgIpc) is 2.47. The number of carbonyl (C=O) groups is 1. The number of rotatable bonds is 4. The molecule has 0 bridgehead atoms. The third kappa shape index (κ3) is 2.52. The van der Waals surface area contributed by atoms with Crippen LogP contribution in [0.4, 0.5) is 0 Å². The van der Waals surface area contributed by atoms with Gasteiger partial charge in [0.05, 0.1) is 10.8 Å². The number of aliphatic hydroxyl groups is 1. The fraction of sp³-hybridized carbons (Fsp3) is 0.312. The van der Waals surface area contributed by atoms with Crippen molar-refractivity contribution in [2.45, 2.75) is 19.4 Å². The molecular weight excluding hydrogens is 270 g/mol. The van der Waals surface area contributed by atoms with Crippen LogP contribution in [0.15, 0.2) is 48.2 Å². The Bertz CT molecular complexity index is 618. The van der Waals surface area contributed by atoms with E-state index in [2.05, 4.69) is 0 Å². The summed E-state index contributed by atoms with van der Waals surface area (Å²) in [4.78, 5) is 22.1. The first kappa shape index (κ1) is 15.1. The van der Waals surface area contributed by atoms with Crippen molar-refractivity contribution < 1.29 is 14.8 Å². The van der Waals surface area contributed by atoms with Gasteiger partial charge in [0, 0.05) is 6.08 Å². The van der Waals surface area contributed by atoms with Crippen molar-refractivity contribution in [1.82, 2.24) is 0 Å². The van der Waals surface area contributed by atoms with Crippen molar-refractivity contribution in [1.29, 1.82) is 0 Å². The van der Waals surface area contributed by atoms with Gasteiger partial charge in [0.15, 0.2) is 5.60 Å². The molecule has 0 radical (unpaired) electrons. The van der Waals surface area contributed by atoms with Gasteiger partial charge >= 0.3 is 0 Å². The molecule has 21 heavy (non-hydrogen) atoms. The predicted octanol–water partition coefficient (Wildman–Crippen LogP) is 2.45. The predicted molar refractivity (Wildman–Crippen MR) is 78.8 cm³/mol. The van der Waals surface area contributed by atoms with Crippen molar-refractivity contribution in [2.75, 3.05) is 0 Å². The van der Waals surface area contributed by atoms with Gasteiger partial charge < -0.3 is 9.90 Å². The molecule has 1 N–H and O–H groups in total. The van der Waals surface area contributed by atoms with Gasteiger partial charge in [-0.3, -0.25) is 10.1 Å². The summed E-state index contributed by atoms with van der Waals surface area (Å²) < 4.78 is 0. The van der Waals surface area contributed by atoms with Crippen molar-refractivity contribution in [2.24, 2.45) is 11.8 Å². The van der Waals surface area contributed by atoms with Crippen LogP contribution >= 0.6 is 0 Å². The molecular formula is C16H17NO4. The molecule has 1 aromatic carbocycles. The molecule has 0 spiro atoms. The highest BCUT2D eigenvalue weighted by Gasteiger charge is 2.51. The summed E-state index contributed by atoms with van der Waals surface area (Å²) in [6.07, 6.45) is 3.52. The first-order valence-electron chi connectivity index (χ1n) is 6.72. The van der Waals surface area contributed by atoms with Crippen LogP contribution in [0.3, 0.4) is 0 Å². The van der Waals surface area contributed by atoms with E-state index in [9.17, 15) is 20.0 Å². The standard InChI is InChI=1S/C16H17NO4/c1-11(2)16(19)14(10-18)8-13(9-15(16)17(20)21)12-6-4-3-5-7-12/h3-11,14,19H,1-2H3. The van der Waals surface area contributed by atoms with Crippen LogP contribution in [0.1, 0.15) is 19.4 Å². The normalized spacial score (nSPS) is 25.2. The number of aldehydes is 1. The molecule has 0 aliphatic heterocycles. The molecule has 5 heteroatoms. The van der Waals surface area contributed by atoms with E-state index in [0.717, 1.165) is 5.56 Å². The largest absolute Gasteiger partial charge is 0.377 e. The zero-order valence-corrected chi connectivity index (χ0v) is 11.9. The first-order chi connectivity index (χ1) is 9.91. The summed E-state index contributed by atoms with van der Waals surface area (Å²) in [6, 6.07) is 9.08. The van der Waals surface area contributed by atoms with Gasteiger partial charge in [0.1, 0.15) is 6.29 Å².